The summed E-state index contributed by atoms with van der Waals surface area (Å²) in [5, 5.41) is 63.6. The fraction of sp³-hybridized carbons (Fsp3) is 0.706. The van der Waals surface area contributed by atoms with E-state index in [1.165, 1.54) is 0 Å². The maximum absolute atomic E-state index is 12.5. The molecule has 0 aliphatic rings. The average molecular weight is 775 g/mol. The fourth-order valence-electron chi connectivity index (χ4n) is 5.17. The minimum absolute atomic E-state index is 0.0818. The van der Waals surface area contributed by atoms with Gasteiger partial charge in [-0.15, -0.1) is 0 Å². The molecule has 0 heterocycles. The Morgan fingerprint density at radius 1 is 0.296 bits per heavy atom. The summed E-state index contributed by atoms with van der Waals surface area (Å²) in [6, 6.07) is -6.19. The van der Waals surface area contributed by atoms with Crippen molar-refractivity contribution in [1.29, 1.82) is 0 Å². The molecule has 20 heteroatoms. The Bertz CT molecular complexity index is 1290. The van der Waals surface area contributed by atoms with E-state index in [2.05, 4.69) is 21.3 Å². The van der Waals surface area contributed by atoms with Crippen LogP contribution in [0, 0.1) is 0 Å². The first kappa shape index (κ1) is 48.7. The summed E-state index contributed by atoms with van der Waals surface area (Å²) >= 11 is 0. The highest BCUT2D eigenvalue weighted by molar-refractivity contribution is 5.88. The van der Waals surface area contributed by atoms with Gasteiger partial charge in [-0.25, -0.2) is 19.2 Å². The van der Waals surface area contributed by atoms with Gasteiger partial charge >= 0.3 is 35.8 Å². The van der Waals surface area contributed by atoms with Gasteiger partial charge in [-0.1, -0.05) is 51.4 Å². The van der Waals surface area contributed by atoms with Gasteiger partial charge in [0.15, 0.2) is 0 Å². The number of amides is 4. The molecule has 0 fully saturated rings. The van der Waals surface area contributed by atoms with Crippen molar-refractivity contribution < 1.29 is 78.6 Å². The fourth-order valence-corrected chi connectivity index (χ4v) is 5.17. The number of carbonyl (C=O) groups is 10. The Balaban J connectivity index is 4.61. The Labute approximate surface area is 311 Å². The summed E-state index contributed by atoms with van der Waals surface area (Å²) in [6.45, 7) is 0. The van der Waals surface area contributed by atoms with Crippen molar-refractivity contribution >= 4 is 59.4 Å². The van der Waals surface area contributed by atoms with Crippen LogP contribution >= 0.6 is 0 Å². The van der Waals surface area contributed by atoms with E-state index in [1.54, 1.807) is 0 Å². The average Bonchev–Trinajstić information content (AvgIpc) is 3.08. The molecule has 0 unspecified atom stereocenters. The molecule has 0 radical (unpaired) electrons. The lowest BCUT2D eigenvalue weighted by molar-refractivity contribution is -0.144. The third-order valence-electron chi connectivity index (χ3n) is 8.20. The van der Waals surface area contributed by atoms with E-state index < -0.39 is 129 Å². The highest BCUT2D eigenvalue weighted by Gasteiger charge is 2.27. The van der Waals surface area contributed by atoms with Gasteiger partial charge in [0, 0.05) is 38.5 Å². The number of aliphatic carboxylic acids is 6. The Morgan fingerprint density at radius 3 is 0.778 bits per heavy atom. The SMILES string of the molecule is O=C(O)CCCCCCCCCCCCC(=O)N[C@@H](CCC(=O)N[C@@H](CCC(=O)N[C@@H](CCC(=O)N[C@@H](CCC(=O)O)C(=O)O)C(=O)O)C(=O)O)C(=O)O. The highest BCUT2D eigenvalue weighted by atomic mass is 16.4. The van der Waals surface area contributed by atoms with Gasteiger partial charge in [-0.2, -0.15) is 0 Å². The standard InChI is InChI=1S/C34H54N4O16/c39-25(11-9-7-5-3-1-2-4-6-8-10-12-29(43)44)35-21(31(47)48)13-17-26(40)36-22(32(49)50)14-18-27(41)37-23(33(51)52)15-19-28(42)38-24(34(53)54)16-20-30(45)46/h21-24H,1-20H2,(H,35,39)(H,36,40)(H,37,41)(H,38,42)(H,43,44)(H,45,46)(H,47,48)(H,49,50)(H,51,52)(H,53,54)/t21-,22-,23-,24-/m0/s1. The van der Waals surface area contributed by atoms with Crippen LogP contribution in [0.5, 0.6) is 0 Å². The number of rotatable bonds is 33. The molecule has 20 nitrogen and oxygen atoms in total. The minimum atomic E-state index is -1.63. The van der Waals surface area contributed by atoms with Crippen LogP contribution in [0.3, 0.4) is 0 Å². The van der Waals surface area contributed by atoms with Crippen molar-refractivity contribution in [3.63, 3.8) is 0 Å². The summed E-state index contributed by atoms with van der Waals surface area (Å²) in [4.78, 5) is 117. The summed E-state index contributed by atoms with van der Waals surface area (Å²) < 4.78 is 0. The molecular weight excluding hydrogens is 720 g/mol. The summed E-state index contributed by atoms with van der Waals surface area (Å²) in [6.07, 6.45) is 5.21. The van der Waals surface area contributed by atoms with E-state index in [-0.39, 0.29) is 19.3 Å². The van der Waals surface area contributed by atoms with Gasteiger partial charge in [-0.3, -0.25) is 28.8 Å². The second kappa shape index (κ2) is 28.2. The predicted octanol–water partition coefficient (Wildman–Crippen LogP) is 1.24. The molecule has 0 aliphatic carbocycles. The van der Waals surface area contributed by atoms with E-state index >= 15 is 0 Å². The number of carboxylic acids is 6. The second-order valence-electron chi connectivity index (χ2n) is 12.8. The zero-order chi connectivity index (χ0) is 41.1. The van der Waals surface area contributed by atoms with Gasteiger partial charge in [0.05, 0.1) is 0 Å². The van der Waals surface area contributed by atoms with Crippen LogP contribution in [0.2, 0.25) is 0 Å². The van der Waals surface area contributed by atoms with Crippen LogP contribution in [0.1, 0.15) is 128 Å². The molecule has 306 valence electrons. The smallest absolute Gasteiger partial charge is 0.326 e. The minimum Gasteiger partial charge on any atom is -0.481 e. The van der Waals surface area contributed by atoms with Gasteiger partial charge in [0.25, 0.3) is 0 Å². The molecule has 0 aromatic carbocycles. The maximum Gasteiger partial charge on any atom is 0.326 e. The molecule has 0 aromatic heterocycles. The lowest BCUT2D eigenvalue weighted by atomic mass is 10.0. The van der Waals surface area contributed by atoms with E-state index in [0.29, 0.717) is 12.8 Å². The van der Waals surface area contributed by atoms with Crippen molar-refractivity contribution in [3.8, 4) is 0 Å². The molecule has 0 aromatic rings. The zero-order valence-electron chi connectivity index (χ0n) is 30.2. The molecule has 0 bridgehead atoms. The quantitative estimate of drug-likeness (QED) is 0.0419. The van der Waals surface area contributed by atoms with Crippen molar-refractivity contribution in [3.05, 3.63) is 0 Å². The van der Waals surface area contributed by atoms with Crippen LogP contribution in [0.4, 0.5) is 0 Å². The van der Waals surface area contributed by atoms with Gasteiger partial charge in [0.1, 0.15) is 24.2 Å². The molecule has 0 rings (SSSR count). The molecule has 4 atom stereocenters. The zero-order valence-corrected chi connectivity index (χ0v) is 30.2. The van der Waals surface area contributed by atoms with Crippen molar-refractivity contribution in [1.82, 2.24) is 21.3 Å². The molecule has 0 saturated heterocycles. The Morgan fingerprint density at radius 2 is 0.519 bits per heavy atom. The molecule has 10 N–H and O–H groups in total. The monoisotopic (exact) mass is 774 g/mol. The Kier molecular flexibility index (Phi) is 25.5. The van der Waals surface area contributed by atoms with E-state index in [0.717, 1.165) is 51.4 Å². The van der Waals surface area contributed by atoms with Crippen molar-refractivity contribution in [2.24, 2.45) is 0 Å². The maximum atomic E-state index is 12.5. The number of hydrogen-bond donors (Lipinski definition) is 10. The second-order valence-corrected chi connectivity index (χ2v) is 12.8. The van der Waals surface area contributed by atoms with Crippen LogP contribution in [0.25, 0.3) is 0 Å². The Hall–Kier alpha value is -5.30. The molecule has 0 saturated carbocycles. The number of carbonyl (C=O) groups excluding carboxylic acids is 4. The van der Waals surface area contributed by atoms with Crippen LogP contribution in [-0.2, 0) is 47.9 Å². The molecule has 0 aliphatic heterocycles. The first-order valence-electron chi connectivity index (χ1n) is 17.9. The predicted molar refractivity (Wildman–Crippen MR) is 186 cm³/mol. The molecular formula is C34H54N4O16. The number of hydrogen-bond acceptors (Lipinski definition) is 10. The van der Waals surface area contributed by atoms with E-state index in [9.17, 15) is 63.3 Å². The molecule has 54 heavy (non-hydrogen) atoms. The lowest BCUT2D eigenvalue weighted by Crippen LogP contribution is -2.45. The highest BCUT2D eigenvalue weighted by Crippen LogP contribution is 2.12. The first-order chi connectivity index (χ1) is 25.4. The number of nitrogens with one attached hydrogen (secondary N) is 4. The van der Waals surface area contributed by atoms with Crippen molar-refractivity contribution in [2.45, 2.75) is 153 Å². The molecule has 0 spiro atoms. The molecule has 4 amide bonds. The van der Waals surface area contributed by atoms with Gasteiger partial charge in [-0.05, 0) is 38.5 Å². The van der Waals surface area contributed by atoms with Gasteiger partial charge < -0.3 is 51.9 Å². The normalized spacial score (nSPS) is 13.0. The largest absolute Gasteiger partial charge is 0.481 e. The summed E-state index contributed by atoms with van der Waals surface area (Å²) in [5.74, 6) is -11.3. The van der Waals surface area contributed by atoms with Crippen LogP contribution in [0.15, 0.2) is 0 Å². The number of unbranched alkanes of at least 4 members (excludes halogenated alkanes) is 9. The van der Waals surface area contributed by atoms with Crippen LogP contribution in [-0.4, -0.2) is 114 Å². The third kappa shape index (κ3) is 25.6. The van der Waals surface area contributed by atoms with E-state index in [1.807, 2.05) is 0 Å². The van der Waals surface area contributed by atoms with Crippen molar-refractivity contribution in [2.75, 3.05) is 0 Å². The van der Waals surface area contributed by atoms with Crippen LogP contribution < -0.4 is 21.3 Å². The topological polar surface area (TPSA) is 340 Å². The summed E-state index contributed by atoms with van der Waals surface area (Å²) in [5.41, 5.74) is 0. The number of carboxylic acid groups (broad SMARTS) is 6. The van der Waals surface area contributed by atoms with Gasteiger partial charge in [0.2, 0.25) is 23.6 Å². The lowest BCUT2D eigenvalue weighted by Gasteiger charge is -2.18. The van der Waals surface area contributed by atoms with E-state index in [4.69, 9.17) is 15.3 Å². The summed E-state index contributed by atoms with van der Waals surface area (Å²) in [7, 11) is 0. The third-order valence-corrected chi connectivity index (χ3v) is 8.20. The first-order valence-corrected chi connectivity index (χ1v) is 17.9.